The average molecular weight is 351 g/mol. The molecule has 1 amide bonds. The van der Waals surface area contributed by atoms with E-state index in [2.05, 4.69) is 21.2 Å². The van der Waals surface area contributed by atoms with Crippen LogP contribution in [0.5, 0.6) is 0 Å². The third-order valence-corrected chi connectivity index (χ3v) is 3.82. The topological polar surface area (TPSA) is 60.3 Å². The zero-order valence-corrected chi connectivity index (χ0v) is 13.3. The number of aryl methyl sites for hydroxylation is 2. The number of benzene rings is 1. The Hall–Kier alpha value is -2.08. The summed E-state index contributed by atoms with van der Waals surface area (Å²) in [6.07, 6.45) is 1.74. The molecule has 2 rings (SSSR count). The average Bonchev–Trinajstić information content (AvgIpc) is 2.86. The summed E-state index contributed by atoms with van der Waals surface area (Å²) in [6.45, 7) is 1.61. The van der Waals surface area contributed by atoms with Crippen molar-refractivity contribution in [3.63, 3.8) is 0 Å². The van der Waals surface area contributed by atoms with E-state index >= 15 is 0 Å². The lowest BCUT2D eigenvalue weighted by molar-refractivity contribution is -0.119. The summed E-state index contributed by atoms with van der Waals surface area (Å²) in [4.78, 5) is 23.5. The number of carbonyl (C=O) groups is 2. The summed E-state index contributed by atoms with van der Waals surface area (Å²) >= 11 is 3.39. The molecular weight excluding hydrogens is 336 g/mol. The number of nitrogens with zero attached hydrogens (tertiary/aromatic N) is 1. The fourth-order valence-electron chi connectivity index (χ4n) is 1.80. The standard InChI is InChI=1S/C15H15BrN2O3/c1-10-8-11(5-6-12(10)16)17-14(19)9-21-15(20)13-4-3-7-18(13)2/h3-8H,9H2,1-2H3,(H,17,19). The molecule has 6 heteroatoms. The molecular formula is C15H15BrN2O3. The van der Waals surface area contributed by atoms with Gasteiger partial charge in [-0.15, -0.1) is 0 Å². The molecule has 2 aromatic rings. The second-order valence-electron chi connectivity index (χ2n) is 4.59. The van der Waals surface area contributed by atoms with E-state index in [0.29, 0.717) is 11.4 Å². The first-order chi connectivity index (χ1) is 9.97. The van der Waals surface area contributed by atoms with Crippen molar-refractivity contribution in [3.05, 3.63) is 52.3 Å². The molecule has 21 heavy (non-hydrogen) atoms. The van der Waals surface area contributed by atoms with Crippen LogP contribution >= 0.6 is 15.9 Å². The monoisotopic (exact) mass is 350 g/mol. The Bertz CT molecular complexity index is 679. The Morgan fingerprint density at radius 2 is 2.10 bits per heavy atom. The van der Waals surface area contributed by atoms with Gasteiger partial charge >= 0.3 is 5.97 Å². The van der Waals surface area contributed by atoms with Gasteiger partial charge in [0.1, 0.15) is 5.69 Å². The minimum Gasteiger partial charge on any atom is -0.451 e. The molecule has 0 fully saturated rings. The zero-order chi connectivity index (χ0) is 15.4. The summed E-state index contributed by atoms with van der Waals surface area (Å²) in [5.41, 5.74) is 2.08. The molecule has 0 bridgehead atoms. The van der Waals surface area contributed by atoms with E-state index in [1.807, 2.05) is 19.1 Å². The maximum atomic E-state index is 11.8. The SMILES string of the molecule is Cc1cc(NC(=O)COC(=O)c2cccn2C)ccc1Br. The highest BCUT2D eigenvalue weighted by Crippen LogP contribution is 2.19. The van der Waals surface area contributed by atoms with E-state index in [1.54, 1.807) is 36.0 Å². The number of amides is 1. The molecule has 110 valence electrons. The Balaban J connectivity index is 1.89. The number of halogens is 1. The first kappa shape index (κ1) is 15.3. The van der Waals surface area contributed by atoms with E-state index in [1.165, 1.54) is 0 Å². The molecule has 0 unspecified atom stereocenters. The van der Waals surface area contributed by atoms with Gasteiger partial charge in [-0.05, 0) is 42.8 Å². The highest BCUT2D eigenvalue weighted by molar-refractivity contribution is 9.10. The fraction of sp³-hybridized carbons (Fsp3) is 0.200. The second-order valence-corrected chi connectivity index (χ2v) is 5.45. The Labute approximate surface area is 131 Å². The molecule has 1 N–H and O–H groups in total. The molecule has 0 atom stereocenters. The van der Waals surface area contributed by atoms with Crippen LogP contribution < -0.4 is 5.32 Å². The van der Waals surface area contributed by atoms with Crippen molar-refractivity contribution < 1.29 is 14.3 Å². The smallest absolute Gasteiger partial charge is 0.355 e. The lowest BCUT2D eigenvalue weighted by Crippen LogP contribution is -2.21. The van der Waals surface area contributed by atoms with Gasteiger partial charge in [0, 0.05) is 23.4 Å². The number of hydrogen-bond donors (Lipinski definition) is 1. The molecule has 0 saturated heterocycles. The minimum atomic E-state index is -0.523. The van der Waals surface area contributed by atoms with Crippen molar-refractivity contribution in [2.24, 2.45) is 7.05 Å². The van der Waals surface area contributed by atoms with Crippen LogP contribution in [0.15, 0.2) is 41.0 Å². The third kappa shape index (κ3) is 3.95. The fourth-order valence-corrected chi connectivity index (χ4v) is 2.04. The number of aromatic nitrogens is 1. The van der Waals surface area contributed by atoms with E-state index in [0.717, 1.165) is 10.0 Å². The molecule has 1 aromatic heterocycles. The molecule has 0 spiro atoms. The number of esters is 1. The van der Waals surface area contributed by atoms with Crippen LogP contribution in [0.25, 0.3) is 0 Å². The molecule has 0 aliphatic carbocycles. The Kier molecular flexibility index (Phi) is 4.80. The maximum absolute atomic E-state index is 11.8. The van der Waals surface area contributed by atoms with Gasteiger partial charge in [0.05, 0.1) is 0 Å². The first-order valence-electron chi connectivity index (χ1n) is 6.32. The molecule has 0 aliphatic heterocycles. The van der Waals surface area contributed by atoms with Crippen LogP contribution in [-0.2, 0) is 16.6 Å². The van der Waals surface area contributed by atoms with E-state index in [9.17, 15) is 9.59 Å². The first-order valence-corrected chi connectivity index (χ1v) is 7.11. The summed E-state index contributed by atoms with van der Waals surface area (Å²) in [7, 11) is 1.74. The predicted molar refractivity (Wildman–Crippen MR) is 83.2 cm³/mol. The molecule has 1 heterocycles. The summed E-state index contributed by atoms with van der Waals surface area (Å²) < 4.78 is 7.58. The van der Waals surface area contributed by atoms with Gasteiger partial charge in [0.25, 0.3) is 5.91 Å². The number of nitrogens with one attached hydrogen (secondary N) is 1. The van der Waals surface area contributed by atoms with Crippen LogP contribution in [0.1, 0.15) is 16.1 Å². The van der Waals surface area contributed by atoms with Gasteiger partial charge in [0.15, 0.2) is 6.61 Å². The van der Waals surface area contributed by atoms with Crippen LogP contribution in [0.3, 0.4) is 0 Å². The van der Waals surface area contributed by atoms with Crippen molar-refractivity contribution in [2.75, 3.05) is 11.9 Å². The number of hydrogen-bond acceptors (Lipinski definition) is 3. The van der Waals surface area contributed by atoms with Gasteiger partial charge in [-0.1, -0.05) is 15.9 Å². The van der Waals surface area contributed by atoms with Gasteiger partial charge in [-0.25, -0.2) is 4.79 Å². The predicted octanol–water partition coefficient (Wildman–Crippen LogP) is 2.89. The molecule has 5 nitrogen and oxygen atoms in total. The van der Waals surface area contributed by atoms with E-state index in [4.69, 9.17) is 4.74 Å². The highest BCUT2D eigenvalue weighted by Gasteiger charge is 2.12. The third-order valence-electron chi connectivity index (χ3n) is 2.93. The van der Waals surface area contributed by atoms with Crippen LogP contribution in [0, 0.1) is 6.92 Å². The van der Waals surface area contributed by atoms with Crippen LogP contribution in [0.4, 0.5) is 5.69 Å². The highest BCUT2D eigenvalue weighted by atomic mass is 79.9. The van der Waals surface area contributed by atoms with Crippen molar-refractivity contribution in [1.82, 2.24) is 4.57 Å². The van der Waals surface area contributed by atoms with Crippen molar-refractivity contribution in [1.29, 1.82) is 0 Å². The number of carbonyl (C=O) groups excluding carboxylic acids is 2. The quantitative estimate of drug-likeness (QED) is 0.862. The van der Waals surface area contributed by atoms with Gasteiger partial charge in [-0.3, -0.25) is 4.79 Å². The van der Waals surface area contributed by atoms with Crippen molar-refractivity contribution in [2.45, 2.75) is 6.92 Å². The molecule has 0 aliphatic rings. The summed E-state index contributed by atoms with van der Waals surface area (Å²) in [5.74, 6) is -0.899. The normalized spacial score (nSPS) is 10.2. The van der Waals surface area contributed by atoms with Gasteiger partial charge in [-0.2, -0.15) is 0 Å². The lowest BCUT2D eigenvalue weighted by Gasteiger charge is -2.08. The number of anilines is 1. The van der Waals surface area contributed by atoms with Gasteiger partial charge < -0.3 is 14.6 Å². The van der Waals surface area contributed by atoms with E-state index in [-0.39, 0.29) is 12.5 Å². The summed E-state index contributed by atoms with van der Waals surface area (Å²) in [5, 5.41) is 2.68. The number of rotatable bonds is 4. The summed E-state index contributed by atoms with van der Waals surface area (Å²) in [6, 6.07) is 8.83. The maximum Gasteiger partial charge on any atom is 0.355 e. The minimum absolute atomic E-state index is 0.320. The second kappa shape index (κ2) is 6.58. The number of ether oxygens (including phenoxy) is 1. The van der Waals surface area contributed by atoms with Crippen LogP contribution in [-0.4, -0.2) is 23.1 Å². The zero-order valence-electron chi connectivity index (χ0n) is 11.7. The van der Waals surface area contributed by atoms with Crippen LogP contribution in [0.2, 0.25) is 0 Å². The molecule has 0 radical (unpaired) electrons. The largest absolute Gasteiger partial charge is 0.451 e. The van der Waals surface area contributed by atoms with E-state index < -0.39 is 5.97 Å². The Morgan fingerprint density at radius 1 is 1.33 bits per heavy atom. The van der Waals surface area contributed by atoms with Crippen molar-refractivity contribution in [3.8, 4) is 0 Å². The van der Waals surface area contributed by atoms with Crippen molar-refractivity contribution >= 4 is 33.5 Å². The molecule has 1 aromatic carbocycles. The lowest BCUT2D eigenvalue weighted by atomic mass is 10.2. The molecule has 0 saturated carbocycles. The Morgan fingerprint density at radius 3 is 2.71 bits per heavy atom. The van der Waals surface area contributed by atoms with Gasteiger partial charge in [0.2, 0.25) is 0 Å².